The van der Waals surface area contributed by atoms with Crippen molar-refractivity contribution in [3.63, 3.8) is 0 Å². The fourth-order valence-electron chi connectivity index (χ4n) is 3.09. The molecule has 0 aromatic heterocycles. The number of aliphatic hydroxyl groups is 1. The predicted molar refractivity (Wildman–Crippen MR) is 81.6 cm³/mol. The van der Waals surface area contributed by atoms with Crippen molar-refractivity contribution in [3.05, 3.63) is 0 Å². The zero-order valence-electron chi connectivity index (χ0n) is 13.1. The largest absolute Gasteiger partial charge is 0.454 e. The Morgan fingerprint density at radius 1 is 1.17 bits per heavy atom. The Labute approximate surface area is 149 Å². The molecular formula is C14H19F6IO3. The molecule has 0 saturated heterocycles. The summed E-state index contributed by atoms with van der Waals surface area (Å²) in [6, 6.07) is 0. The van der Waals surface area contributed by atoms with Gasteiger partial charge in [-0.25, -0.2) is 0 Å². The summed E-state index contributed by atoms with van der Waals surface area (Å²) in [6.07, 6.45) is -11.1. The number of carbonyl (C=O) groups excluding carboxylic acids is 1. The monoisotopic (exact) mass is 476 g/mol. The summed E-state index contributed by atoms with van der Waals surface area (Å²) in [5.41, 5.74) is -8.28. The number of hydrogen-bond donors (Lipinski definition) is 1. The van der Waals surface area contributed by atoms with Gasteiger partial charge in [-0.1, -0.05) is 42.4 Å². The molecule has 1 saturated carbocycles. The molecule has 1 rings (SSSR count). The highest BCUT2D eigenvalue weighted by atomic mass is 127. The number of hydrogen-bond acceptors (Lipinski definition) is 3. The second-order valence-corrected chi connectivity index (χ2v) is 7.59. The highest BCUT2D eigenvalue weighted by molar-refractivity contribution is 14.1. The first kappa shape index (κ1) is 21.8. The molecule has 1 fully saturated rings. The highest BCUT2D eigenvalue weighted by Crippen LogP contribution is 2.56. The van der Waals surface area contributed by atoms with Crippen molar-refractivity contribution < 1.29 is 41.0 Å². The smallest absolute Gasteiger partial charge is 0.430 e. The zero-order valence-corrected chi connectivity index (χ0v) is 15.3. The first-order chi connectivity index (χ1) is 10.7. The Hall–Kier alpha value is -0.260. The molecule has 0 aliphatic heterocycles. The minimum absolute atomic E-state index is 0.0102. The minimum Gasteiger partial charge on any atom is -0.454 e. The topological polar surface area (TPSA) is 46.5 Å². The van der Waals surface area contributed by atoms with Crippen LogP contribution in [0.3, 0.4) is 0 Å². The van der Waals surface area contributed by atoms with Crippen LogP contribution >= 0.6 is 22.6 Å². The van der Waals surface area contributed by atoms with E-state index in [0.29, 0.717) is 19.8 Å². The molecule has 0 aromatic rings. The predicted octanol–water partition coefficient (Wildman–Crippen LogP) is 4.55. The van der Waals surface area contributed by atoms with E-state index in [1.807, 2.05) is 0 Å². The van der Waals surface area contributed by atoms with Crippen molar-refractivity contribution >= 4 is 28.6 Å². The lowest BCUT2D eigenvalue weighted by molar-refractivity contribution is -0.416. The van der Waals surface area contributed by atoms with Gasteiger partial charge in [0.15, 0.2) is 5.60 Å². The second kappa shape index (κ2) is 7.16. The summed E-state index contributed by atoms with van der Waals surface area (Å²) in [5, 5.41) is 9.84. The number of carbonyl (C=O) groups is 1. The lowest BCUT2D eigenvalue weighted by Gasteiger charge is -2.48. The SMILES string of the molecule is CCC(I)C(=O)OC(C)(C1CCCC1)C(O)(C(F)(F)F)C(F)(F)F. The van der Waals surface area contributed by atoms with Crippen LogP contribution in [-0.4, -0.2) is 38.6 Å². The molecule has 0 spiro atoms. The van der Waals surface area contributed by atoms with E-state index in [1.165, 1.54) is 0 Å². The van der Waals surface area contributed by atoms with Gasteiger partial charge >= 0.3 is 18.3 Å². The van der Waals surface area contributed by atoms with E-state index in [9.17, 15) is 36.2 Å². The molecule has 2 atom stereocenters. The summed E-state index contributed by atoms with van der Waals surface area (Å²) in [4.78, 5) is 12.0. The third kappa shape index (κ3) is 3.63. The van der Waals surface area contributed by atoms with Crippen LogP contribution in [0.4, 0.5) is 26.3 Å². The van der Waals surface area contributed by atoms with Gasteiger partial charge < -0.3 is 9.84 Å². The maximum Gasteiger partial charge on any atom is 0.430 e. The molecule has 3 nitrogen and oxygen atoms in total. The maximum absolute atomic E-state index is 13.3. The minimum atomic E-state index is -6.05. The Morgan fingerprint density at radius 3 is 1.92 bits per heavy atom. The Balaban J connectivity index is 3.46. The summed E-state index contributed by atoms with van der Waals surface area (Å²) in [6.45, 7) is 2.09. The van der Waals surface area contributed by atoms with Crippen LogP contribution < -0.4 is 0 Å². The first-order valence-corrected chi connectivity index (χ1v) is 8.69. The molecule has 0 radical (unpaired) electrons. The lowest BCUT2D eigenvalue weighted by Crippen LogP contribution is -2.73. The van der Waals surface area contributed by atoms with Gasteiger partial charge in [0.25, 0.3) is 5.60 Å². The molecular weight excluding hydrogens is 457 g/mol. The highest BCUT2D eigenvalue weighted by Gasteiger charge is 2.81. The Kier molecular flexibility index (Phi) is 6.50. The van der Waals surface area contributed by atoms with Crippen LogP contribution in [0.1, 0.15) is 46.0 Å². The van der Waals surface area contributed by atoms with Crippen molar-refractivity contribution in [1.29, 1.82) is 0 Å². The van der Waals surface area contributed by atoms with Gasteiger partial charge in [0.1, 0.15) is 3.92 Å². The molecule has 0 heterocycles. The number of halogens is 7. The van der Waals surface area contributed by atoms with Gasteiger partial charge in [0.2, 0.25) is 0 Å². The van der Waals surface area contributed by atoms with Crippen LogP contribution in [0.2, 0.25) is 0 Å². The van der Waals surface area contributed by atoms with Crippen molar-refractivity contribution in [2.45, 2.75) is 73.4 Å². The average Bonchev–Trinajstić information content (AvgIpc) is 2.97. The van der Waals surface area contributed by atoms with E-state index < -0.39 is 39.4 Å². The Morgan fingerprint density at radius 2 is 1.58 bits per heavy atom. The molecule has 24 heavy (non-hydrogen) atoms. The maximum atomic E-state index is 13.3. The lowest BCUT2D eigenvalue weighted by atomic mass is 9.72. The van der Waals surface area contributed by atoms with E-state index in [-0.39, 0.29) is 19.3 Å². The zero-order chi connectivity index (χ0) is 19.0. The van der Waals surface area contributed by atoms with Crippen molar-refractivity contribution in [3.8, 4) is 0 Å². The molecule has 1 aliphatic carbocycles. The van der Waals surface area contributed by atoms with Crippen LogP contribution in [0, 0.1) is 5.92 Å². The van der Waals surface area contributed by atoms with E-state index in [4.69, 9.17) is 4.74 Å². The number of rotatable bonds is 5. The summed E-state index contributed by atoms with van der Waals surface area (Å²) < 4.78 is 83.8. The summed E-state index contributed by atoms with van der Waals surface area (Å²) in [5.74, 6) is -2.44. The van der Waals surface area contributed by atoms with E-state index in [2.05, 4.69) is 0 Å². The van der Waals surface area contributed by atoms with E-state index in [0.717, 1.165) is 0 Å². The molecule has 10 heteroatoms. The van der Waals surface area contributed by atoms with Crippen molar-refractivity contribution in [2.24, 2.45) is 5.92 Å². The van der Waals surface area contributed by atoms with Crippen molar-refractivity contribution in [2.75, 3.05) is 0 Å². The van der Waals surface area contributed by atoms with Crippen molar-refractivity contribution in [1.82, 2.24) is 0 Å². The molecule has 1 N–H and O–H groups in total. The van der Waals surface area contributed by atoms with Crippen LogP contribution in [0.25, 0.3) is 0 Å². The molecule has 1 aliphatic rings. The van der Waals surface area contributed by atoms with Gasteiger partial charge in [-0.05, 0) is 26.2 Å². The van der Waals surface area contributed by atoms with Gasteiger partial charge in [-0.2, -0.15) is 26.3 Å². The third-order valence-corrected chi connectivity index (χ3v) is 5.99. The van der Waals surface area contributed by atoms with Crippen LogP contribution in [-0.2, 0) is 9.53 Å². The molecule has 0 bridgehead atoms. The van der Waals surface area contributed by atoms with Gasteiger partial charge in [0, 0.05) is 5.92 Å². The molecule has 2 unspecified atom stereocenters. The van der Waals surface area contributed by atoms with E-state index in [1.54, 1.807) is 29.5 Å². The average molecular weight is 476 g/mol. The second-order valence-electron chi connectivity index (χ2n) is 6.09. The fourth-order valence-corrected chi connectivity index (χ4v) is 3.22. The number of ether oxygens (including phenoxy) is 1. The number of alkyl halides is 7. The van der Waals surface area contributed by atoms with Gasteiger partial charge in [0.05, 0.1) is 0 Å². The van der Waals surface area contributed by atoms with Crippen LogP contribution in [0.15, 0.2) is 0 Å². The molecule has 0 amide bonds. The quantitative estimate of drug-likeness (QED) is 0.274. The standard InChI is InChI=1S/C14H19F6IO3/c1-3-9(21)10(22)24-11(2,8-6-4-5-7-8)12(23,13(15,16)17)14(18,19)20/h8-9,23H,3-7H2,1-2H3. The molecule has 142 valence electrons. The van der Waals surface area contributed by atoms with Gasteiger partial charge in [-0.3, -0.25) is 4.79 Å². The first-order valence-electron chi connectivity index (χ1n) is 7.45. The molecule has 0 aromatic carbocycles. The number of esters is 1. The third-order valence-electron chi connectivity index (χ3n) is 4.60. The van der Waals surface area contributed by atoms with Crippen LogP contribution in [0.5, 0.6) is 0 Å². The summed E-state index contributed by atoms with van der Waals surface area (Å²) >= 11 is 1.59. The van der Waals surface area contributed by atoms with Gasteiger partial charge in [-0.15, -0.1) is 0 Å². The normalized spacial score (nSPS) is 21.4. The van der Waals surface area contributed by atoms with E-state index >= 15 is 0 Å². The summed E-state index contributed by atoms with van der Waals surface area (Å²) in [7, 11) is 0. The fraction of sp³-hybridized carbons (Fsp3) is 0.929. The Bertz CT molecular complexity index is 444.